The SMILES string of the molecule is CC(=O)N1CCN(C(=O)Cc2ccc(N)cn2)CC1. The quantitative estimate of drug-likeness (QED) is 0.807. The fourth-order valence-corrected chi connectivity index (χ4v) is 2.08. The van der Waals surface area contributed by atoms with Crippen molar-refractivity contribution in [3.63, 3.8) is 0 Å². The van der Waals surface area contributed by atoms with Crippen LogP contribution in [0.2, 0.25) is 0 Å². The minimum atomic E-state index is 0.0421. The number of amides is 2. The number of piperazine rings is 1. The first-order valence-corrected chi connectivity index (χ1v) is 6.30. The molecule has 1 saturated heterocycles. The van der Waals surface area contributed by atoms with Crippen LogP contribution in [0.15, 0.2) is 18.3 Å². The fraction of sp³-hybridized carbons (Fsp3) is 0.462. The maximum Gasteiger partial charge on any atom is 0.228 e. The first kappa shape index (κ1) is 13.3. The third-order valence-corrected chi connectivity index (χ3v) is 3.26. The van der Waals surface area contributed by atoms with E-state index in [0.29, 0.717) is 37.6 Å². The molecule has 1 fully saturated rings. The van der Waals surface area contributed by atoms with Crippen molar-refractivity contribution < 1.29 is 9.59 Å². The molecule has 2 rings (SSSR count). The summed E-state index contributed by atoms with van der Waals surface area (Å²) >= 11 is 0. The van der Waals surface area contributed by atoms with Crippen LogP contribution in [0.3, 0.4) is 0 Å². The van der Waals surface area contributed by atoms with Crippen molar-refractivity contribution >= 4 is 17.5 Å². The van der Waals surface area contributed by atoms with E-state index in [9.17, 15) is 9.59 Å². The Morgan fingerprint density at radius 1 is 1.21 bits per heavy atom. The van der Waals surface area contributed by atoms with Gasteiger partial charge in [-0.3, -0.25) is 14.6 Å². The van der Waals surface area contributed by atoms with Crippen molar-refractivity contribution in [3.8, 4) is 0 Å². The van der Waals surface area contributed by atoms with E-state index in [1.54, 1.807) is 35.1 Å². The van der Waals surface area contributed by atoms with Gasteiger partial charge in [-0.15, -0.1) is 0 Å². The van der Waals surface area contributed by atoms with Crippen molar-refractivity contribution in [2.24, 2.45) is 0 Å². The molecule has 2 N–H and O–H groups in total. The second-order valence-electron chi connectivity index (χ2n) is 4.65. The number of nitrogens with zero attached hydrogens (tertiary/aromatic N) is 3. The molecule has 0 aromatic carbocycles. The van der Waals surface area contributed by atoms with Crippen LogP contribution in [0.1, 0.15) is 12.6 Å². The Bertz CT molecular complexity index is 464. The van der Waals surface area contributed by atoms with E-state index in [2.05, 4.69) is 4.98 Å². The molecular weight excluding hydrogens is 244 g/mol. The fourth-order valence-electron chi connectivity index (χ4n) is 2.08. The van der Waals surface area contributed by atoms with E-state index in [1.165, 1.54) is 0 Å². The van der Waals surface area contributed by atoms with Gasteiger partial charge in [0.1, 0.15) is 0 Å². The number of carbonyl (C=O) groups is 2. The van der Waals surface area contributed by atoms with E-state index in [1.807, 2.05) is 0 Å². The van der Waals surface area contributed by atoms with E-state index < -0.39 is 0 Å². The summed E-state index contributed by atoms with van der Waals surface area (Å²) in [6, 6.07) is 3.50. The summed E-state index contributed by atoms with van der Waals surface area (Å²) in [6.07, 6.45) is 1.83. The minimum absolute atomic E-state index is 0.0421. The van der Waals surface area contributed by atoms with Gasteiger partial charge in [0.05, 0.1) is 18.3 Å². The van der Waals surface area contributed by atoms with Gasteiger partial charge in [-0.25, -0.2) is 0 Å². The Morgan fingerprint density at radius 2 is 1.84 bits per heavy atom. The van der Waals surface area contributed by atoms with E-state index in [0.717, 1.165) is 0 Å². The highest BCUT2D eigenvalue weighted by molar-refractivity contribution is 5.79. The zero-order chi connectivity index (χ0) is 13.8. The maximum atomic E-state index is 12.1. The first-order valence-electron chi connectivity index (χ1n) is 6.30. The summed E-state index contributed by atoms with van der Waals surface area (Å²) in [7, 11) is 0. The van der Waals surface area contributed by atoms with E-state index in [-0.39, 0.29) is 18.2 Å². The number of carbonyl (C=O) groups excluding carboxylic acids is 2. The smallest absolute Gasteiger partial charge is 0.228 e. The topological polar surface area (TPSA) is 79.5 Å². The summed E-state index contributed by atoms with van der Waals surface area (Å²) < 4.78 is 0. The highest BCUT2D eigenvalue weighted by atomic mass is 16.2. The van der Waals surface area contributed by atoms with Gasteiger partial charge in [-0.2, -0.15) is 0 Å². The number of pyridine rings is 1. The third-order valence-electron chi connectivity index (χ3n) is 3.26. The van der Waals surface area contributed by atoms with Crippen LogP contribution < -0.4 is 5.73 Å². The van der Waals surface area contributed by atoms with Crippen molar-refractivity contribution in [1.29, 1.82) is 0 Å². The van der Waals surface area contributed by atoms with Crippen molar-refractivity contribution in [2.75, 3.05) is 31.9 Å². The van der Waals surface area contributed by atoms with Gasteiger partial charge in [0, 0.05) is 38.8 Å². The molecule has 0 radical (unpaired) electrons. The lowest BCUT2D eigenvalue weighted by Crippen LogP contribution is -2.50. The van der Waals surface area contributed by atoms with Gasteiger partial charge in [-0.05, 0) is 12.1 Å². The molecule has 2 heterocycles. The molecule has 1 aliphatic heterocycles. The summed E-state index contributed by atoms with van der Waals surface area (Å²) in [4.78, 5) is 30.9. The number of rotatable bonds is 2. The van der Waals surface area contributed by atoms with Crippen molar-refractivity contribution in [3.05, 3.63) is 24.0 Å². The second kappa shape index (κ2) is 5.69. The monoisotopic (exact) mass is 262 g/mol. The van der Waals surface area contributed by atoms with E-state index in [4.69, 9.17) is 5.73 Å². The predicted molar refractivity (Wildman–Crippen MR) is 71.2 cm³/mol. The molecule has 102 valence electrons. The van der Waals surface area contributed by atoms with E-state index >= 15 is 0 Å². The average molecular weight is 262 g/mol. The van der Waals surface area contributed by atoms with Crippen LogP contribution in [0.25, 0.3) is 0 Å². The van der Waals surface area contributed by atoms with Crippen LogP contribution in [0.5, 0.6) is 0 Å². The lowest BCUT2D eigenvalue weighted by atomic mass is 10.2. The summed E-state index contributed by atoms with van der Waals surface area (Å²) in [5.74, 6) is 0.104. The molecule has 19 heavy (non-hydrogen) atoms. The number of aromatic nitrogens is 1. The highest BCUT2D eigenvalue weighted by Gasteiger charge is 2.22. The zero-order valence-electron chi connectivity index (χ0n) is 11.0. The molecular formula is C13H18N4O2. The molecule has 6 nitrogen and oxygen atoms in total. The molecule has 0 saturated carbocycles. The van der Waals surface area contributed by atoms with Crippen LogP contribution >= 0.6 is 0 Å². The summed E-state index contributed by atoms with van der Waals surface area (Å²) in [5, 5.41) is 0. The Morgan fingerprint density at radius 3 is 2.37 bits per heavy atom. The molecule has 1 aromatic heterocycles. The van der Waals surface area contributed by atoms with Gasteiger partial charge in [0.25, 0.3) is 0 Å². The van der Waals surface area contributed by atoms with Crippen molar-refractivity contribution in [2.45, 2.75) is 13.3 Å². The lowest BCUT2D eigenvalue weighted by Gasteiger charge is -2.34. The standard InChI is InChI=1S/C13H18N4O2/c1-10(18)16-4-6-17(7-5-16)13(19)8-12-3-2-11(14)9-15-12/h2-3,9H,4-8,14H2,1H3. The zero-order valence-corrected chi connectivity index (χ0v) is 11.0. The molecule has 0 unspecified atom stereocenters. The summed E-state index contributed by atoms with van der Waals surface area (Å²) in [6.45, 7) is 3.95. The Balaban J connectivity index is 1.88. The molecule has 1 aliphatic rings. The van der Waals surface area contributed by atoms with Crippen LogP contribution in [-0.2, 0) is 16.0 Å². The normalized spacial score (nSPS) is 15.4. The molecule has 0 aliphatic carbocycles. The number of hydrogen-bond acceptors (Lipinski definition) is 4. The second-order valence-corrected chi connectivity index (χ2v) is 4.65. The Labute approximate surface area is 112 Å². The van der Waals surface area contributed by atoms with Gasteiger partial charge < -0.3 is 15.5 Å². The van der Waals surface area contributed by atoms with Gasteiger partial charge in [0.2, 0.25) is 11.8 Å². The molecule has 1 aromatic rings. The largest absolute Gasteiger partial charge is 0.397 e. The number of nitrogens with two attached hydrogens (primary N) is 1. The first-order chi connectivity index (χ1) is 9.06. The maximum absolute atomic E-state index is 12.1. The van der Waals surface area contributed by atoms with Gasteiger partial charge in [-0.1, -0.05) is 0 Å². The van der Waals surface area contributed by atoms with Crippen molar-refractivity contribution in [1.82, 2.24) is 14.8 Å². The molecule has 6 heteroatoms. The van der Waals surface area contributed by atoms with Crippen LogP contribution in [0, 0.1) is 0 Å². The minimum Gasteiger partial charge on any atom is -0.397 e. The van der Waals surface area contributed by atoms with Gasteiger partial charge in [0.15, 0.2) is 0 Å². The van der Waals surface area contributed by atoms with Crippen LogP contribution in [0.4, 0.5) is 5.69 Å². The average Bonchev–Trinajstić information content (AvgIpc) is 2.41. The molecule has 0 atom stereocenters. The van der Waals surface area contributed by atoms with Crippen LogP contribution in [-0.4, -0.2) is 52.8 Å². The van der Waals surface area contributed by atoms with Gasteiger partial charge >= 0.3 is 0 Å². The number of nitrogen functional groups attached to an aromatic ring is 1. The highest BCUT2D eigenvalue weighted by Crippen LogP contribution is 2.07. The molecule has 2 amide bonds. The number of hydrogen-bond donors (Lipinski definition) is 1. The third kappa shape index (κ3) is 3.43. The Hall–Kier alpha value is -2.11. The molecule has 0 spiro atoms. The number of anilines is 1. The summed E-state index contributed by atoms with van der Waals surface area (Å²) in [5.41, 5.74) is 6.85. The lowest BCUT2D eigenvalue weighted by molar-refractivity contribution is -0.138. The predicted octanol–water partition coefficient (Wildman–Crippen LogP) is -0.103. The Kier molecular flexibility index (Phi) is 3.99. The molecule has 0 bridgehead atoms.